The molecule has 0 amide bonds. The number of benzene rings is 2. The first kappa shape index (κ1) is 21.9. The predicted molar refractivity (Wildman–Crippen MR) is 114 cm³/mol. The van der Waals surface area contributed by atoms with E-state index in [4.69, 9.17) is 13.9 Å². The standard InChI is InChI=1S/C22H26N2O5S/c1-24(12-5-13-28-20-6-4-7-21(14-20)30(3,25)26)15-18-16-29-22(23-18)17-8-10-19(27-2)11-9-17/h4,6-11,14,16H,5,12-13,15H2,1-3H3. The Labute approximate surface area is 177 Å². The first-order valence-corrected chi connectivity index (χ1v) is 11.4. The Morgan fingerprint density at radius 2 is 1.87 bits per heavy atom. The Morgan fingerprint density at radius 3 is 2.57 bits per heavy atom. The summed E-state index contributed by atoms with van der Waals surface area (Å²) in [7, 11) is 0.401. The second kappa shape index (κ2) is 9.77. The van der Waals surface area contributed by atoms with E-state index >= 15 is 0 Å². The largest absolute Gasteiger partial charge is 0.497 e. The van der Waals surface area contributed by atoms with Crippen LogP contribution in [0.3, 0.4) is 0 Å². The summed E-state index contributed by atoms with van der Waals surface area (Å²) >= 11 is 0. The Morgan fingerprint density at radius 1 is 1.10 bits per heavy atom. The van der Waals surface area contributed by atoms with Crippen LogP contribution in [0.5, 0.6) is 11.5 Å². The highest BCUT2D eigenvalue weighted by Crippen LogP contribution is 2.22. The summed E-state index contributed by atoms with van der Waals surface area (Å²) in [6.45, 7) is 1.95. The van der Waals surface area contributed by atoms with Crippen molar-refractivity contribution in [3.8, 4) is 23.0 Å². The topological polar surface area (TPSA) is 81.9 Å². The molecule has 3 aromatic rings. The summed E-state index contributed by atoms with van der Waals surface area (Å²) in [6.07, 6.45) is 3.65. The van der Waals surface area contributed by atoms with Gasteiger partial charge in [0.15, 0.2) is 9.84 Å². The maximum absolute atomic E-state index is 11.6. The van der Waals surface area contributed by atoms with Crippen molar-refractivity contribution in [2.45, 2.75) is 17.9 Å². The molecule has 0 aliphatic carbocycles. The van der Waals surface area contributed by atoms with Gasteiger partial charge in [0.1, 0.15) is 17.8 Å². The third kappa shape index (κ3) is 6.08. The zero-order valence-electron chi connectivity index (χ0n) is 17.4. The van der Waals surface area contributed by atoms with Crippen LogP contribution in [0.25, 0.3) is 11.5 Å². The lowest BCUT2D eigenvalue weighted by Gasteiger charge is -2.15. The molecule has 0 atom stereocenters. The molecule has 30 heavy (non-hydrogen) atoms. The van der Waals surface area contributed by atoms with Gasteiger partial charge in [-0.05, 0) is 55.9 Å². The van der Waals surface area contributed by atoms with Crippen LogP contribution in [0, 0.1) is 0 Å². The lowest BCUT2D eigenvalue weighted by Crippen LogP contribution is -2.21. The fraction of sp³-hybridized carbons (Fsp3) is 0.318. The van der Waals surface area contributed by atoms with E-state index in [0.29, 0.717) is 24.8 Å². The summed E-state index contributed by atoms with van der Waals surface area (Å²) in [5.41, 5.74) is 1.75. The van der Waals surface area contributed by atoms with Gasteiger partial charge in [0.25, 0.3) is 0 Å². The predicted octanol–water partition coefficient (Wildman–Crippen LogP) is 3.65. The number of hydrogen-bond donors (Lipinski definition) is 0. The number of hydrogen-bond acceptors (Lipinski definition) is 7. The Bertz CT molecular complexity index is 1060. The van der Waals surface area contributed by atoms with E-state index in [1.54, 1.807) is 37.6 Å². The number of ether oxygens (including phenoxy) is 2. The van der Waals surface area contributed by atoms with Crippen LogP contribution in [-0.4, -0.2) is 51.9 Å². The van der Waals surface area contributed by atoms with Crippen LogP contribution in [0.4, 0.5) is 0 Å². The van der Waals surface area contributed by atoms with E-state index in [2.05, 4.69) is 9.88 Å². The molecule has 1 heterocycles. The van der Waals surface area contributed by atoms with E-state index in [1.807, 2.05) is 31.3 Å². The molecule has 0 saturated heterocycles. The van der Waals surface area contributed by atoms with Crippen LogP contribution >= 0.6 is 0 Å². The van der Waals surface area contributed by atoms with Gasteiger partial charge >= 0.3 is 0 Å². The molecule has 0 fully saturated rings. The second-order valence-corrected chi connectivity index (χ2v) is 9.08. The van der Waals surface area contributed by atoms with E-state index < -0.39 is 9.84 Å². The molecule has 0 spiro atoms. The highest BCUT2D eigenvalue weighted by Gasteiger charge is 2.10. The van der Waals surface area contributed by atoms with Crippen molar-refractivity contribution in [3.05, 3.63) is 60.5 Å². The lowest BCUT2D eigenvalue weighted by atomic mass is 10.2. The number of sulfone groups is 1. The molecule has 0 bridgehead atoms. The molecule has 3 rings (SSSR count). The van der Waals surface area contributed by atoms with Crippen molar-refractivity contribution in [2.75, 3.05) is 33.6 Å². The molecular formula is C22H26N2O5S. The van der Waals surface area contributed by atoms with E-state index in [-0.39, 0.29) is 4.90 Å². The molecule has 160 valence electrons. The van der Waals surface area contributed by atoms with Crippen molar-refractivity contribution in [1.29, 1.82) is 0 Å². The van der Waals surface area contributed by atoms with E-state index in [0.717, 1.165) is 30.0 Å². The van der Waals surface area contributed by atoms with Gasteiger partial charge in [-0.1, -0.05) is 6.07 Å². The monoisotopic (exact) mass is 430 g/mol. The van der Waals surface area contributed by atoms with Gasteiger partial charge in [-0.25, -0.2) is 13.4 Å². The second-order valence-electron chi connectivity index (χ2n) is 7.06. The maximum atomic E-state index is 11.6. The average molecular weight is 431 g/mol. The van der Waals surface area contributed by atoms with Gasteiger partial charge in [0.05, 0.1) is 24.3 Å². The molecule has 0 N–H and O–H groups in total. The zero-order chi connectivity index (χ0) is 21.6. The fourth-order valence-electron chi connectivity index (χ4n) is 2.92. The number of aromatic nitrogens is 1. The van der Waals surface area contributed by atoms with Gasteiger partial charge < -0.3 is 18.8 Å². The first-order valence-electron chi connectivity index (χ1n) is 9.55. The third-order valence-electron chi connectivity index (χ3n) is 4.51. The molecule has 0 aliphatic rings. The van der Waals surface area contributed by atoms with Crippen LogP contribution in [-0.2, 0) is 16.4 Å². The van der Waals surface area contributed by atoms with Crippen molar-refractivity contribution in [1.82, 2.24) is 9.88 Å². The molecule has 8 heteroatoms. The minimum Gasteiger partial charge on any atom is -0.497 e. The Balaban J connectivity index is 1.45. The molecule has 1 aromatic heterocycles. The van der Waals surface area contributed by atoms with Gasteiger partial charge in [0.2, 0.25) is 5.89 Å². The van der Waals surface area contributed by atoms with Gasteiger partial charge in [-0.15, -0.1) is 0 Å². The van der Waals surface area contributed by atoms with E-state index in [9.17, 15) is 8.42 Å². The van der Waals surface area contributed by atoms with Crippen LogP contribution in [0.2, 0.25) is 0 Å². The molecule has 0 aliphatic heterocycles. The molecular weight excluding hydrogens is 404 g/mol. The van der Waals surface area contributed by atoms with Gasteiger partial charge in [0, 0.05) is 24.9 Å². The van der Waals surface area contributed by atoms with Crippen molar-refractivity contribution in [3.63, 3.8) is 0 Å². The normalized spacial score (nSPS) is 11.6. The number of oxazole rings is 1. The van der Waals surface area contributed by atoms with Gasteiger partial charge in [-0.3, -0.25) is 0 Å². The van der Waals surface area contributed by atoms with Crippen molar-refractivity contribution >= 4 is 9.84 Å². The number of rotatable bonds is 10. The molecule has 7 nitrogen and oxygen atoms in total. The molecule has 2 aromatic carbocycles. The van der Waals surface area contributed by atoms with Crippen LogP contribution < -0.4 is 9.47 Å². The lowest BCUT2D eigenvalue weighted by molar-refractivity contribution is 0.257. The quantitative estimate of drug-likeness (QED) is 0.454. The minimum absolute atomic E-state index is 0.260. The number of methoxy groups -OCH3 is 1. The highest BCUT2D eigenvalue weighted by molar-refractivity contribution is 7.90. The Kier molecular flexibility index (Phi) is 7.12. The van der Waals surface area contributed by atoms with Crippen molar-refractivity contribution in [2.24, 2.45) is 0 Å². The molecule has 0 unspecified atom stereocenters. The van der Waals surface area contributed by atoms with Gasteiger partial charge in [-0.2, -0.15) is 0 Å². The fourth-order valence-corrected chi connectivity index (χ4v) is 3.58. The van der Waals surface area contributed by atoms with Crippen molar-refractivity contribution < 1.29 is 22.3 Å². The summed E-state index contributed by atoms with van der Waals surface area (Å²) in [4.78, 5) is 6.94. The summed E-state index contributed by atoms with van der Waals surface area (Å²) in [5, 5.41) is 0. The summed E-state index contributed by atoms with van der Waals surface area (Å²) in [6, 6.07) is 14.1. The molecule has 0 saturated carbocycles. The zero-order valence-corrected chi connectivity index (χ0v) is 18.2. The van der Waals surface area contributed by atoms with Crippen LogP contribution in [0.15, 0.2) is 64.1 Å². The SMILES string of the molecule is COc1ccc(-c2nc(CN(C)CCCOc3cccc(S(C)(=O)=O)c3)co2)cc1. The Hall–Kier alpha value is -2.84. The average Bonchev–Trinajstić information content (AvgIpc) is 3.19. The summed E-state index contributed by atoms with van der Waals surface area (Å²) in [5.74, 6) is 1.92. The highest BCUT2D eigenvalue weighted by atomic mass is 32.2. The van der Waals surface area contributed by atoms with E-state index in [1.165, 1.54) is 6.26 Å². The maximum Gasteiger partial charge on any atom is 0.226 e. The smallest absolute Gasteiger partial charge is 0.226 e. The van der Waals surface area contributed by atoms with Crippen LogP contribution in [0.1, 0.15) is 12.1 Å². The number of nitrogens with zero attached hydrogens (tertiary/aromatic N) is 2. The summed E-state index contributed by atoms with van der Waals surface area (Å²) < 4.78 is 39.7. The first-order chi connectivity index (χ1) is 14.3. The third-order valence-corrected chi connectivity index (χ3v) is 5.62. The minimum atomic E-state index is -3.24. The molecule has 0 radical (unpaired) electrons.